The molecule has 0 aromatic heterocycles. The summed E-state index contributed by atoms with van der Waals surface area (Å²) in [4.78, 5) is 11.4. The van der Waals surface area contributed by atoms with Crippen molar-refractivity contribution in [2.24, 2.45) is 5.41 Å². The lowest BCUT2D eigenvalue weighted by molar-refractivity contribution is -0.152. The van der Waals surface area contributed by atoms with Crippen LogP contribution in [0.4, 0.5) is 0 Å². The summed E-state index contributed by atoms with van der Waals surface area (Å²) in [6.45, 7) is 10.3. The number of rotatable bonds is 6. The van der Waals surface area contributed by atoms with Gasteiger partial charge in [-0.1, -0.05) is 27.7 Å². The number of hydrogen-bond donors (Lipinski definition) is 0. The molecule has 3 heteroatoms. The molecule has 0 spiro atoms. The van der Waals surface area contributed by atoms with Gasteiger partial charge in [0.05, 0.1) is 6.42 Å². The maximum Gasteiger partial charge on any atom is 0.306 e. The highest BCUT2D eigenvalue weighted by Crippen LogP contribution is 2.22. The van der Waals surface area contributed by atoms with Gasteiger partial charge in [0.2, 0.25) is 0 Å². The molecule has 0 N–H and O–H groups in total. The van der Waals surface area contributed by atoms with E-state index in [9.17, 15) is 4.79 Å². The molecule has 0 rings (SSSR count). The number of thioether (sulfide) groups is 1. The van der Waals surface area contributed by atoms with Crippen molar-refractivity contribution < 1.29 is 9.53 Å². The van der Waals surface area contributed by atoms with Crippen LogP contribution in [0.5, 0.6) is 0 Å². The zero-order valence-electron chi connectivity index (χ0n) is 10.6. The average molecular weight is 232 g/mol. The predicted octanol–water partition coefficient (Wildman–Crippen LogP) is 3.50. The molecular formula is C12H24O2S. The molecule has 15 heavy (non-hydrogen) atoms. The Bertz CT molecular complexity index is 185. The van der Waals surface area contributed by atoms with Crippen LogP contribution in [0.25, 0.3) is 0 Å². The molecule has 0 bridgehead atoms. The van der Waals surface area contributed by atoms with Crippen LogP contribution in [0.1, 0.15) is 47.5 Å². The molecule has 0 saturated carbocycles. The van der Waals surface area contributed by atoms with Gasteiger partial charge < -0.3 is 4.74 Å². The first kappa shape index (κ1) is 14.8. The standard InChI is InChI=1S/C12H24O2S/c1-6-8-15-9-7-11(13)14-10(2)12(3,4)5/h10H,6-9H2,1-5H3. The number of carbonyl (C=O) groups is 1. The van der Waals surface area contributed by atoms with Gasteiger partial charge in [0.15, 0.2) is 0 Å². The second kappa shape index (κ2) is 7.15. The molecule has 0 aromatic rings. The molecule has 0 aliphatic heterocycles. The fraction of sp³-hybridized carbons (Fsp3) is 0.917. The van der Waals surface area contributed by atoms with Crippen LogP contribution in [-0.4, -0.2) is 23.6 Å². The van der Waals surface area contributed by atoms with Crippen molar-refractivity contribution in [1.82, 2.24) is 0 Å². The summed E-state index contributed by atoms with van der Waals surface area (Å²) in [6, 6.07) is 0. The lowest BCUT2D eigenvalue weighted by Crippen LogP contribution is -2.28. The van der Waals surface area contributed by atoms with Crippen LogP contribution in [0.15, 0.2) is 0 Å². The van der Waals surface area contributed by atoms with Crippen LogP contribution in [0.2, 0.25) is 0 Å². The van der Waals surface area contributed by atoms with Gasteiger partial charge in [-0.25, -0.2) is 0 Å². The number of ether oxygens (including phenoxy) is 1. The molecule has 1 unspecified atom stereocenters. The summed E-state index contributed by atoms with van der Waals surface area (Å²) in [7, 11) is 0. The van der Waals surface area contributed by atoms with E-state index in [1.54, 1.807) is 0 Å². The van der Waals surface area contributed by atoms with Crippen molar-refractivity contribution in [2.45, 2.75) is 53.6 Å². The third kappa shape index (κ3) is 7.71. The Morgan fingerprint density at radius 3 is 2.40 bits per heavy atom. The lowest BCUT2D eigenvalue weighted by Gasteiger charge is -2.26. The minimum absolute atomic E-state index is 0.0128. The molecule has 1 atom stereocenters. The molecule has 0 fully saturated rings. The lowest BCUT2D eigenvalue weighted by atomic mass is 9.90. The fourth-order valence-corrected chi connectivity index (χ4v) is 1.64. The van der Waals surface area contributed by atoms with Crippen molar-refractivity contribution in [3.8, 4) is 0 Å². The summed E-state index contributed by atoms with van der Waals surface area (Å²) in [6.07, 6.45) is 1.68. The van der Waals surface area contributed by atoms with E-state index < -0.39 is 0 Å². The predicted molar refractivity (Wildman–Crippen MR) is 67.2 cm³/mol. The molecule has 2 nitrogen and oxygen atoms in total. The highest BCUT2D eigenvalue weighted by Gasteiger charge is 2.23. The number of hydrogen-bond acceptors (Lipinski definition) is 3. The number of esters is 1. The molecule has 0 heterocycles. The SMILES string of the molecule is CCCSCCC(=O)OC(C)C(C)(C)C. The maximum absolute atomic E-state index is 11.4. The Morgan fingerprint density at radius 2 is 1.93 bits per heavy atom. The molecule has 0 saturated heterocycles. The molecule has 0 aliphatic rings. The van der Waals surface area contributed by atoms with E-state index >= 15 is 0 Å². The zero-order chi connectivity index (χ0) is 11.9. The van der Waals surface area contributed by atoms with Gasteiger partial charge in [-0.3, -0.25) is 4.79 Å². The van der Waals surface area contributed by atoms with E-state index in [-0.39, 0.29) is 17.5 Å². The smallest absolute Gasteiger partial charge is 0.306 e. The summed E-state index contributed by atoms with van der Waals surface area (Å²) >= 11 is 1.82. The zero-order valence-corrected chi connectivity index (χ0v) is 11.4. The second-order valence-electron chi connectivity index (χ2n) is 4.86. The second-order valence-corrected chi connectivity index (χ2v) is 6.09. The van der Waals surface area contributed by atoms with Gasteiger partial charge in [0.25, 0.3) is 0 Å². The Labute approximate surface area is 98.2 Å². The third-order valence-corrected chi connectivity index (χ3v) is 3.52. The van der Waals surface area contributed by atoms with Crippen LogP contribution < -0.4 is 0 Å². The first-order valence-electron chi connectivity index (χ1n) is 5.65. The van der Waals surface area contributed by atoms with E-state index in [0.717, 1.165) is 17.9 Å². The van der Waals surface area contributed by atoms with E-state index in [1.165, 1.54) is 0 Å². The van der Waals surface area contributed by atoms with E-state index in [2.05, 4.69) is 27.7 Å². The molecule has 0 aromatic carbocycles. The normalized spacial score (nSPS) is 13.7. The van der Waals surface area contributed by atoms with Gasteiger partial charge in [0, 0.05) is 5.75 Å². The Kier molecular flexibility index (Phi) is 7.07. The fourth-order valence-electron chi connectivity index (χ4n) is 0.835. The van der Waals surface area contributed by atoms with Gasteiger partial charge in [-0.05, 0) is 24.5 Å². The summed E-state index contributed by atoms with van der Waals surface area (Å²) in [5.41, 5.74) is 0.0339. The molecule has 90 valence electrons. The largest absolute Gasteiger partial charge is 0.462 e. The van der Waals surface area contributed by atoms with E-state index in [0.29, 0.717) is 6.42 Å². The summed E-state index contributed by atoms with van der Waals surface area (Å²) in [5, 5.41) is 0. The molecule has 0 aliphatic carbocycles. The Balaban J connectivity index is 3.65. The number of carbonyl (C=O) groups excluding carboxylic acids is 1. The van der Waals surface area contributed by atoms with Gasteiger partial charge >= 0.3 is 5.97 Å². The first-order valence-corrected chi connectivity index (χ1v) is 6.80. The Hall–Kier alpha value is -0.180. The average Bonchev–Trinajstić information content (AvgIpc) is 2.11. The van der Waals surface area contributed by atoms with Crippen molar-refractivity contribution in [2.75, 3.05) is 11.5 Å². The van der Waals surface area contributed by atoms with Crippen molar-refractivity contribution in [3.05, 3.63) is 0 Å². The quantitative estimate of drug-likeness (QED) is 0.518. The van der Waals surface area contributed by atoms with Gasteiger partial charge in [-0.2, -0.15) is 11.8 Å². The van der Waals surface area contributed by atoms with E-state index in [4.69, 9.17) is 4.74 Å². The minimum Gasteiger partial charge on any atom is -0.462 e. The highest BCUT2D eigenvalue weighted by molar-refractivity contribution is 7.99. The van der Waals surface area contributed by atoms with Crippen LogP contribution in [0, 0.1) is 5.41 Å². The van der Waals surface area contributed by atoms with Crippen molar-refractivity contribution >= 4 is 17.7 Å². The van der Waals surface area contributed by atoms with Crippen LogP contribution >= 0.6 is 11.8 Å². The topological polar surface area (TPSA) is 26.3 Å². The third-order valence-electron chi connectivity index (χ3n) is 2.33. The molecular weight excluding hydrogens is 208 g/mol. The minimum atomic E-state index is -0.0685. The Morgan fingerprint density at radius 1 is 1.33 bits per heavy atom. The van der Waals surface area contributed by atoms with Crippen LogP contribution in [-0.2, 0) is 9.53 Å². The molecule has 0 amide bonds. The molecule has 0 radical (unpaired) electrons. The summed E-state index contributed by atoms with van der Waals surface area (Å²) < 4.78 is 5.34. The summed E-state index contributed by atoms with van der Waals surface area (Å²) in [5.74, 6) is 1.94. The van der Waals surface area contributed by atoms with Gasteiger partial charge in [0.1, 0.15) is 6.10 Å². The van der Waals surface area contributed by atoms with E-state index in [1.807, 2.05) is 18.7 Å². The first-order chi connectivity index (χ1) is 6.88. The van der Waals surface area contributed by atoms with Crippen molar-refractivity contribution in [3.63, 3.8) is 0 Å². The maximum atomic E-state index is 11.4. The van der Waals surface area contributed by atoms with Gasteiger partial charge in [-0.15, -0.1) is 0 Å². The highest BCUT2D eigenvalue weighted by atomic mass is 32.2. The monoisotopic (exact) mass is 232 g/mol. The van der Waals surface area contributed by atoms with Crippen LogP contribution in [0.3, 0.4) is 0 Å². The van der Waals surface area contributed by atoms with Crippen molar-refractivity contribution in [1.29, 1.82) is 0 Å².